The van der Waals surface area contributed by atoms with Crippen LogP contribution >= 0.6 is 11.4 Å². The van der Waals surface area contributed by atoms with Crippen LogP contribution in [0.5, 0.6) is 0 Å². The number of hydrogen-bond donors (Lipinski definition) is 0. The minimum Gasteiger partial charge on any atom is -0.210 e. The van der Waals surface area contributed by atoms with Crippen LogP contribution < -0.4 is 0 Å². The average Bonchev–Trinajstić information content (AvgIpc) is 1.59. The topological polar surface area (TPSA) is 29.4 Å². The second-order valence-electron chi connectivity index (χ2n) is 2.39. The molecule has 0 saturated carbocycles. The Labute approximate surface area is 54.2 Å². The number of nitrogens with zero attached hydrogens (tertiary/aromatic N) is 1. The van der Waals surface area contributed by atoms with Gasteiger partial charge in [0.15, 0.2) is 0 Å². The molecule has 0 aliphatic carbocycles. The maximum Gasteiger partial charge on any atom is 0.246 e. The van der Waals surface area contributed by atoms with Gasteiger partial charge in [0, 0.05) is 0 Å². The van der Waals surface area contributed by atoms with E-state index in [1.54, 1.807) is 0 Å². The molecular formula is C4H9NOSSi. The van der Waals surface area contributed by atoms with E-state index in [4.69, 9.17) is 0 Å². The Hall–Kier alpha value is -0.0531. The van der Waals surface area contributed by atoms with Gasteiger partial charge in [0.25, 0.3) is 0 Å². The molecule has 0 fully saturated rings. The third kappa shape index (κ3) is 5.95. The normalized spacial score (nSPS) is 10.4. The van der Waals surface area contributed by atoms with Crippen LogP contribution in [0, 0.1) is 0 Å². The first-order valence-electron chi connectivity index (χ1n) is 2.31. The number of isocyanates is 1. The summed E-state index contributed by atoms with van der Waals surface area (Å²) in [6.45, 7) is 6.37. The fraction of sp³-hybridized carbons (Fsp3) is 0.750. The molecule has 0 aliphatic heterocycles. The summed E-state index contributed by atoms with van der Waals surface area (Å²) in [4.78, 5) is 9.56. The van der Waals surface area contributed by atoms with Crippen molar-refractivity contribution in [2.75, 3.05) is 0 Å². The highest BCUT2D eigenvalue weighted by Crippen LogP contribution is 2.18. The van der Waals surface area contributed by atoms with Crippen molar-refractivity contribution in [1.82, 2.24) is 0 Å². The molecule has 0 radical (unpaired) electrons. The summed E-state index contributed by atoms with van der Waals surface area (Å²) in [5.74, 6) is 0. The van der Waals surface area contributed by atoms with Crippen molar-refractivity contribution in [3.8, 4) is 0 Å². The number of carbonyl (C=O) groups excluding carboxylic acids is 1. The molecule has 0 rings (SSSR count). The molecule has 46 valence electrons. The summed E-state index contributed by atoms with van der Waals surface area (Å²) in [7, 11) is -1.19. The van der Waals surface area contributed by atoms with Crippen LogP contribution in [0.15, 0.2) is 4.40 Å². The number of rotatable bonds is 2. The maximum absolute atomic E-state index is 9.56. The SMILES string of the molecule is C[Si](C)(C)SN=C=O. The summed E-state index contributed by atoms with van der Waals surface area (Å²) in [5, 5.41) is 0. The van der Waals surface area contributed by atoms with Crippen LogP contribution in [-0.2, 0) is 4.79 Å². The molecule has 4 heteroatoms. The zero-order valence-corrected chi connectivity index (χ0v) is 7.08. The van der Waals surface area contributed by atoms with Gasteiger partial charge in [-0.25, -0.2) is 4.79 Å². The lowest BCUT2D eigenvalue weighted by Gasteiger charge is -2.06. The Bertz CT molecular complexity index is 114. The minimum atomic E-state index is -1.19. The molecule has 0 spiro atoms. The predicted molar refractivity (Wildman–Crippen MR) is 39.1 cm³/mol. The summed E-state index contributed by atoms with van der Waals surface area (Å²) in [6.07, 6.45) is 1.50. The zero-order valence-electron chi connectivity index (χ0n) is 5.26. The van der Waals surface area contributed by atoms with Crippen molar-refractivity contribution in [1.29, 1.82) is 0 Å². The summed E-state index contributed by atoms with van der Waals surface area (Å²) in [6, 6.07) is 0. The Morgan fingerprint density at radius 2 is 2.00 bits per heavy atom. The molecule has 0 saturated heterocycles. The van der Waals surface area contributed by atoms with Gasteiger partial charge in [-0.2, -0.15) is 0 Å². The molecule has 0 unspecified atom stereocenters. The first kappa shape index (κ1) is 7.95. The summed E-state index contributed by atoms with van der Waals surface area (Å²) < 4.78 is 3.42. The Balaban J connectivity index is 3.55. The van der Waals surface area contributed by atoms with Gasteiger partial charge in [-0.05, 0) is 11.4 Å². The van der Waals surface area contributed by atoms with Gasteiger partial charge >= 0.3 is 0 Å². The van der Waals surface area contributed by atoms with Crippen LogP contribution in [0.1, 0.15) is 0 Å². The molecule has 8 heavy (non-hydrogen) atoms. The lowest BCUT2D eigenvalue weighted by atomic mass is 11.7. The molecule has 0 aromatic rings. The van der Waals surface area contributed by atoms with Crippen molar-refractivity contribution in [3.63, 3.8) is 0 Å². The van der Waals surface area contributed by atoms with Gasteiger partial charge < -0.3 is 0 Å². The molecular weight excluding hydrogens is 138 g/mol. The van der Waals surface area contributed by atoms with E-state index in [1.165, 1.54) is 17.5 Å². The van der Waals surface area contributed by atoms with E-state index in [9.17, 15) is 4.79 Å². The first-order valence-corrected chi connectivity index (χ1v) is 7.31. The summed E-state index contributed by atoms with van der Waals surface area (Å²) >= 11 is 1.37. The Morgan fingerprint density at radius 3 is 2.12 bits per heavy atom. The lowest BCUT2D eigenvalue weighted by Crippen LogP contribution is -2.11. The average molecular weight is 147 g/mol. The van der Waals surface area contributed by atoms with Gasteiger partial charge in [0.05, 0.1) is 0 Å². The minimum absolute atomic E-state index is 1.19. The van der Waals surface area contributed by atoms with Crippen molar-refractivity contribution in [3.05, 3.63) is 0 Å². The van der Waals surface area contributed by atoms with Gasteiger partial charge in [-0.1, -0.05) is 19.6 Å². The molecule has 0 N–H and O–H groups in total. The van der Waals surface area contributed by atoms with Crippen LogP contribution in [0.3, 0.4) is 0 Å². The smallest absolute Gasteiger partial charge is 0.210 e. The first-order chi connectivity index (χ1) is 3.56. The lowest BCUT2D eigenvalue weighted by molar-refractivity contribution is 0.566. The largest absolute Gasteiger partial charge is 0.246 e. The van der Waals surface area contributed by atoms with Crippen molar-refractivity contribution < 1.29 is 4.79 Å². The fourth-order valence-corrected chi connectivity index (χ4v) is 1.40. The third-order valence-corrected chi connectivity index (χ3v) is 2.99. The van der Waals surface area contributed by atoms with E-state index in [0.717, 1.165) is 0 Å². The second kappa shape index (κ2) is 3.07. The van der Waals surface area contributed by atoms with Crippen molar-refractivity contribution in [2.45, 2.75) is 19.6 Å². The van der Waals surface area contributed by atoms with Crippen LogP contribution in [0.25, 0.3) is 0 Å². The van der Waals surface area contributed by atoms with Gasteiger partial charge in [-0.3, -0.25) is 0 Å². The monoisotopic (exact) mass is 147 g/mol. The molecule has 2 nitrogen and oxygen atoms in total. The quantitative estimate of drug-likeness (QED) is 0.258. The predicted octanol–water partition coefficient (Wildman–Crippen LogP) is 1.81. The van der Waals surface area contributed by atoms with Gasteiger partial charge in [0.2, 0.25) is 6.08 Å². The zero-order chi connectivity index (χ0) is 6.62. The van der Waals surface area contributed by atoms with E-state index in [0.29, 0.717) is 0 Å². The highest BCUT2D eigenvalue weighted by atomic mass is 32.4. The van der Waals surface area contributed by atoms with Gasteiger partial charge in [-0.15, -0.1) is 4.40 Å². The van der Waals surface area contributed by atoms with Crippen molar-refractivity contribution >= 4 is 24.7 Å². The highest BCUT2D eigenvalue weighted by Gasteiger charge is 2.12. The molecule has 0 atom stereocenters. The fourth-order valence-electron chi connectivity index (χ4n) is 0.156. The van der Waals surface area contributed by atoms with E-state index in [-0.39, 0.29) is 0 Å². The summed E-state index contributed by atoms with van der Waals surface area (Å²) in [5.41, 5.74) is 0. The molecule has 0 aromatic heterocycles. The molecule has 0 amide bonds. The third-order valence-electron chi connectivity index (χ3n) is 0.357. The molecule has 0 aliphatic rings. The number of hydrogen-bond acceptors (Lipinski definition) is 3. The second-order valence-corrected chi connectivity index (χ2v) is 11.2. The van der Waals surface area contributed by atoms with Crippen LogP contribution in [-0.4, -0.2) is 13.3 Å². The maximum atomic E-state index is 9.56. The van der Waals surface area contributed by atoms with E-state index in [1.807, 2.05) is 0 Å². The van der Waals surface area contributed by atoms with E-state index >= 15 is 0 Å². The van der Waals surface area contributed by atoms with Gasteiger partial charge in [0.1, 0.15) is 7.22 Å². The molecule has 0 heterocycles. The Kier molecular flexibility index (Phi) is 3.05. The standard InChI is InChI=1S/C4H9NOSSi/c1-8(2,3)7-5-4-6/h1-3H3. The van der Waals surface area contributed by atoms with Crippen LogP contribution in [0.2, 0.25) is 19.6 Å². The molecule has 0 aromatic carbocycles. The molecule has 0 bridgehead atoms. The van der Waals surface area contributed by atoms with E-state index in [2.05, 4.69) is 24.0 Å². The Morgan fingerprint density at radius 1 is 1.50 bits per heavy atom. The highest BCUT2D eigenvalue weighted by molar-refractivity contribution is 8.27. The van der Waals surface area contributed by atoms with Crippen LogP contribution in [0.4, 0.5) is 0 Å². The van der Waals surface area contributed by atoms with E-state index < -0.39 is 7.22 Å². The van der Waals surface area contributed by atoms with Crippen molar-refractivity contribution in [2.24, 2.45) is 4.40 Å².